The van der Waals surface area contributed by atoms with E-state index in [0.29, 0.717) is 30.5 Å². The molecule has 1 amide bonds. The van der Waals surface area contributed by atoms with E-state index in [4.69, 9.17) is 5.14 Å². The Morgan fingerprint density at radius 2 is 1.80 bits per heavy atom. The number of carbonyl (C=O) groups is 1. The number of aromatic nitrogens is 2. The second kappa shape index (κ2) is 7.16. The molecule has 1 saturated carbocycles. The molecule has 2 aromatic rings. The van der Waals surface area contributed by atoms with Crippen LogP contribution in [0.5, 0.6) is 0 Å². The van der Waals surface area contributed by atoms with Gasteiger partial charge in [-0.2, -0.15) is 0 Å². The summed E-state index contributed by atoms with van der Waals surface area (Å²) in [6.45, 7) is 0.412. The van der Waals surface area contributed by atoms with Crippen LogP contribution in [0.4, 0.5) is 5.95 Å². The number of anilines is 1. The normalized spacial score (nSPS) is 14.1. The third-order valence-electron chi connectivity index (χ3n) is 3.78. The zero-order valence-corrected chi connectivity index (χ0v) is 14.3. The zero-order chi connectivity index (χ0) is 17.9. The smallest absolute Gasteiger partial charge is 0.254 e. The fourth-order valence-electron chi connectivity index (χ4n) is 2.20. The number of nitrogens with zero attached hydrogens (tertiary/aromatic N) is 2. The first kappa shape index (κ1) is 17.3. The Labute approximate surface area is 145 Å². The van der Waals surface area contributed by atoms with Crippen LogP contribution in [0.15, 0.2) is 41.6 Å². The van der Waals surface area contributed by atoms with Gasteiger partial charge in [0, 0.05) is 25.0 Å². The highest BCUT2D eigenvalue weighted by Gasteiger charge is 2.21. The zero-order valence-electron chi connectivity index (χ0n) is 13.5. The SMILES string of the molecule is NS(=O)(=O)c1ccc(CCNC(=O)c2cnc(NC3CC3)nc2)cc1. The third-order valence-corrected chi connectivity index (χ3v) is 4.70. The topological polar surface area (TPSA) is 127 Å². The molecule has 0 aliphatic heterocycles. The molecule has 1 heterocycles. The van der Waals surface area contributed by atoms with Crippen molar-refractivity contribution >= 4 is 21.9 Å². The standard InChI is InChI=1S/C16H19N5O3S/c17-25(23,24)14-5-1-11(2-6-14)7-8-18-15(22)12-9-19-16(20-10-12)21-13-3-4-13/h1-2,5-6,9-10,13H,3-4,7-8H2,(H,18,22)(H2,17,23,24)(H,19,20,21). The number of rotatable bonds is 7. The molecule has 4 N–H and O–H groups in total. The number of nitrogens with two attached hydrogens (primary N) is 1. The highest BCUT2D eigenvalue weighted by molar-refractivity contribution is 7.89. The second-order valence-electron chi connectivity index (χ2n) is 5.91. The summed E-state index contributed by atoms with van der Waals surface area (Å²) in [6, 6.07) is 6.71. The number of primary sulfonamides is 1. The maximum Gasteiger partial charge on any atom is 0.254 e. The van der Waals surface area contributed by atoms with Crippen LogP contribution in [0.2, 0.25) is 0 Å². The third kappa shape index (κ3) is 4.97. The molecule has 8 nitrogen and oxygen atoms in total. The summed E-state index contributed by atoms with van der Waals surface area (Å²) >= 11 is 0. The van der Waals surface area contributed by atoms with Crippen molar-refractivity contribution in [3.63, 3.8) is 0 Å². The van der Waals surface area contributed by atoms with Gasteiger partial charge in [0.25, 0.3) is 5.91 Å². The summed E-state index contributed by atoms with van der Waals surface area (Å²) in [4.78, 5) is 20.4. The van der Waals surface area contributed by atoms with Gasteiger partial charge in [0.05, 0.1) is 10.5 Å². The molecule has 3 rings (SSSR count). The van der Waals surface area contributed by atoms with E-state index in [1.165, 1.54) is 24.5 Å². The highest BCUT2D eigenvalue weighted by atomic mass is 32.2. The first-order chi connectivity index (χ1) is 11.9. The molecule has 0 radical (unpaired) electrons. The van der Waals surface area contributed by atoms with Crippen LogP contribution in [0.3, 0.4) is 0 Å². The van der Waals surface area contributed by atoms with Crippen LogP contribution >= 0.6 is 0 Å². The largest absolute Gasteiger partial charge is 0.352 e. The minimum Gasteiger partial charge on any atom is -0.352 e. The highest BCUT2D eigenvalue weighted by Crippen LogP contribution is 2.22. The number of nitrogens with one attached hydrogen (secondary N) is 2. The number of amides is 1. The number of sulfonamides is 1. The summed E-state index contributed by atoms with van der Waals surface area (Å²) in [5, 5.41) is 11.0. The van der Waals surface area contributed by atoms with Crippen molar-refractivity contribution in [2.24, 2.45) is 5.14 Å². The molecule has 25 heavy (non-hydrogen) atoms. The maximum absolute atomic E-state index is 12.1. The van der Waals surface area contributed by atoms with Gasteiger partial charge in [-0.15, -0.1) is 0 Å². The van der Waals surface area contributed by atoms with Crippen LogP contribution in [0.1, 0.15) is 28.8 Å². The van der Waals surface area contributed by atoms with Crippen molar-refractivity contribution in [3.05, 3.63) is 47.8 Å². The number of carbonyl (C=O) groups excluding carboxylic acids is 1. The summed E-state index contributed by atoms with van der Waals surface area (Å²) in [5.74, 6) is 0.285. The molecular formula is C16H19N5O3S. The van der Waals surface area contributed by atoms with Gasteiger partial charge in [0.15, 0.2) is 0 Å². The molecule has 132 valence electrons. The molecule has 1 aliphatic carbocycles. The first-order valence-electron chi connectivity index (χ1n) is 7.90. The van der Waals surface area contributed by atoms with E-state index in [1.54, 1.807) is 12.1 Å². The lowest BCUT2D eigenvalue weighted by Gasteiger charge is -2.07. The van der Waals surface area contributed by atoms with Crippen molar-refractivity contribution in [3.8, 4) is 0 Å². The first-order valence-corrected chi connectivity index (χ1v) is 9.45. The molecule has 0 saturated heterocycles. The van der Waals surface area contributed by atoms with Gasteiger partial charge in [0.1, 0.15) is 0 Å². The van der Waals surface area contributed by atoms with Gasteiger partial charge in [-0.05, 0) is 37.0 Å². The predicted molar refractivity (Wildman–Crippen MR) is 92.5 cm³/mol. The van der Waals surface area contributed by atoms with Crippen molar-refractivity contribution in [1.29, 1.82) is 0 Å². The van der Waals surface area contributed by atoms with E-state index in [2.05, 4.69) is 20.6 Å². The molecule has 1 aromatic carbocycles. The summed E-state index contributed by atoms with van der Waals surface area (Å²) in [7, 11) is -3.69. The van der Waals surface area contributed by atoms with Gasteiger partial charge in [-0.3, -0.25) is 4.79 Å². The number of hydrogen-bond acceptors (Lipinski definition) is 6. The van der Waals surface area contributed by atoms with Crippen LogP contribution < -0.4 is 15.8 Å². The van der Waals surface area contributed by atoms with Gasteiger partial charge in [-0.25, -0.2) is 23.5 Å². The fraction of sp³-hybridized carbons (Fsp3) is 0.312. The Balaban J connectivity index is 1.48. The lowest BCUT2D eigenvalue weighted by molar-refractivity contribution is 0.0953. The molecular weight excluding hydrogens is 342 g/mol. The molecule has 0 bridgehead atoms. The van der Waals surface area contributed by atoms with Gasteiger partial charge < -0.3 is 10.6 Å². The maximum atomic E-state index is 12.1. The van der Waals surface area contributed by atoms with Crippen LogP contribution in [0.25, 0.3) is 0 Å². The minimum absolute atomic E-state index is 0.0670. The summed E-state index contributed by atoms with van der Waals surface area (Å²) in [6.07, 6.45) is 5.81. The quantitative estimate of drug-likeness (QED) is 0.665. The van der Waals surface area contributed by atoms with Crippen molar-refractivity contribution in [2.75, 3.05) is 11.9 Å². The lowest BCUT2D eigenvalue weighted by atomic mass is 10.1. The van der Waals surface area contributed by atoms with Crippen LogP contribution in [-0.4, -0.2) is 36.9 Å². The Bertz CT molecular complexity index is 846. The van der Waals surface area contributed by atoms with Gasteiger partial charge >= 0.3 is 0 Å². The monoisotopic (exact) mass is 361 g/mol. The average molecular weight is 361 g/mol. The van der Waals surface area contributed by atoms with Crippen molar-refractivity contribution in [2.45, 2.75) is 30.2 Å². The average Bonchev–Trinajstić information content (AvgIpc) is 3.39. The Morgan fingerprint density at radius 1 is 1.16 bits per heavy atom. The number of benzene rings is 1. The van der Waals surface area contributed by atoms with Gasteiger partial charge in [0.2, 0.25) is 16.0 Å². The van der Waals surface area contributed by atoms with Crippen LogP contribution in [0, 0.1) is 0 Å². The van der Waals surface area contributed by atoms with E-state index >= 15 is 0 Å². The Hall–Kier alpha value is -2.52. The van der Waals surface area contributed by atoms with Gasteiger partial charge in [-0.1, -0.05) is 12.1 Å². The lowest BCUT2D eigenvalue weighted by Crippen LogP contribution is -2.26. The molecule has 0 spiro atoms. The van der Waals surface area contributed by atoms with E-state index in [1.807, 2.05) is 0 Å². The molecule has 1 fully saturated rings. The molecule has 1 aromatic heterocycles. The predicted octanol–water partition coefficient (Wildman–Crippen LogP) is 0.671. The summed E-state index contributed by atoms with van der Waals surface area (Å²) < 4.78 is 22.4. The van der Waals surface area contributed by atoms with E-state index in [0.717, 1.165) is 18.4 Å². The Morgan fingerprint density at radius 3 is 2.36 bits per heavy atom. The van der Waals surface area contributed by atoms with Crippen molar-refractivity contribution in [1.82, 2.24) is 15.3 Å². The molecule has 1 aliphatic rings. The fourth-order valence-corrected chi connectivity index (χ4v) is 2.71. The Kier molecular flexibility index (Phi) is 4.95. The second-order valence-corrected chi connectivity index (χ2v) is 7.47. The molecule has 0 atom stereocenters. The van der Waals surface area contributed by atoms with E-state index in [9.17, 15) is 13.2 Å². The minimum atomic E-state index is -3.69. The molecule has 0 unspecified atom stereocenters. The van der Waals surface area contributed by atoms with Crippen LogP contribution in [-0.2, 0) is 16.4 Å². The number of hydrogen-bond donors (Lipinski definition) is 3. The van der Waals surface area contributed by atoms with Crippen molar-refractivity contribution < 1.29 is 13.2 Å². The van der Waals surface area contributed by atoms with E-state index in [-0.39, 0.29) is 10.8 Å². The summed E-state index contributed by atoms with van der Waals surface area (Å²) in [5.41, 5.74) is 1.29. The molecule has 9 heteroatoms. The van der Waals surface area contributed by atoms with E-state index < -0.39 is 10.0 Å².